The van der Waals surface area contributed by atoms with Crippen LogP contribution in [0.1, 0.15) is 45.7 Å². The van der Waals surface area contributed by atoms with Crippen LogP contribution in [0.15, 0.2) is 36.7 Å². The fourth-order valence-corrected chi connectivity index (χ4v) is 4.08. The van der Waals surface area contributed by atoms with E-state index in [0.29, 0.717) is 29.5 Å². The van der Waals surface area contributed by atoms with Crippen molar-refractivity contribution in [3.05, 3.63) is 70.3 Å². The molecule has 1 N–H and O–H groups in total. The number of carbonyl (C=O) groups is 1. The van der Waals surface area contributed by atoms with Crippen molar-refractivity contribution in [1.82, 2.24) is 34.3 Å². The Morgan fingerprint density at radius 3 is 2.87 bits per heavy atom. The van der Waals surface area contributed by atoms with Crippen LogP contribution in [0, 0.1) is 0 Å². The Bertz CT molecular complexity index is 1260. The minimum atomic E-state index is -2.76. The summed E-state index contributed by atoms with van der Waals surface area (Å²) in [4.78, 5) is 22.5. The molecule has 0 spiro atoms. The van der Waals surface area contributed by atoms with Crippen LogP contribution in [-0.2, 0) is 13.5 Å². The molecule has 1 atom stereocenters. The summed E-state index contributed by atoms with van der Waals surface area (Å²) in [6.07, 6.45) is -0.619. The summed E-state index contributed by atoms with van der Waals surface area (Å²) in [5, 5.41) is 8.79. The molecule has 0 fully saturated rings. The summed E-state index contributed by atoms with van der Waals surface area (Å²) >= 11 is 6.25. The van der Waals surface area contributed by atoms with Crippen LogP contribution in [0.5, 0.6) is 0 Å². The Morgan fingerprint density at radius 1 is 1.30 bits per heavy atom. The van der Waals surface area contributed by atoms with Gasteiger partial charge in [0.25, 0.3) is 12.3 Å². The van der Waals surface area contributed by atoms with Gasteiger partial charge in [-0.25, -0.2) is 18.3 Å². The highest BCUT2D eigenvalue weighted by molar-refractivity contribution is 6.29. The smallest absolute Gasteiger partial charge is 0.282 e. The average molecular weight is 432 g/mol. The van der Waals surface area contributed by atoms with Gasteiger partial charge in [-0.05, 0) is 24.3 Å². The summed E-state index contributed by atoms with van der Waals surface area (Å²) < 4.78 is 28.9. The Hall–Kier alpha value is -3.27. The molecule has 5 heterocycles. The first-order valence-electron chi connectivity index (χ1n) is 9.23. The number of imidazole rings is 1. The molecule has 1 amide bonds. The zero-order valence-corrected chi connectivity index (χ0v) is 16.5. The van der Waals surface area contributed by atoms with Crippen molar-refractivity contribution in [3.63, 3.8) is 0 Å². The summed E-state index contributed by atoms with van der Waals surface area (Å²) in [5.41, 5.74) is 2.58. The van der Waals surface area contributed by atoms with Crippen molar-refractivity contribution in [2.45, 2.75) is 18.9 Å². The third-order valence-corrected chi connectivity index (χ3v) is 5.55. The monoisotopic (exact) mass is 431 g/mol. The number of aromatic nitrogens is 6. The number of aromatic amines is 1. The molecule has 0 aliphatic carbocycles. The van der Waals surface area contributed by atoms with E-state index in [4.69, 9.17) is 11.6 Å². The molecule has 1 aliphatic heterocycles. The maximum absolute atomic E-state index is 13.4. The molecular formula is C19H16ClF2N7O. The number of rotatable bonds is 3. The van der Waals surface area contributed by atoms with Crippen molar-refractivity contribution >= 4 is 23.0 Å². The van der Waals surface area contributed by atoms with Crippen LogP contribution in [-0.4, -0.2) is 46.7 Å². The molecule has 154 valence electrons. The van der Waals surface area contributed by atoms with Gasteiger partial charge < -0.3 is 9.88 Å². The van der Waals surface area contributed by atoms with E-state index in [1.807, 2.05) is 18.2 Å². The molecule has 0 saturated heterocycles. The van der Waals surface area contributed by atoms with Gasteiger partial charge in [-0.3, -0.25) is 9.48 Å². The lowest BCUT2D eigenvalue weighted by Crippen LogP contribution is -2.41. The maximum atomic E-state index is 13.4. The molecule has 8 nitrogen and oxygen atoms in total. The second kappa shape index (κ2) is 6.91. The lowest BCUT2D eigenvalue weighted by atomic mass is 9.99. The summed E-state index contributed by atoms with van der Waals surface area (Å²) in [7, 11) is 1.47. The van der Waals surface area contributed by atoms with E-state index in [1.165, 1.54) is 11.7 Å². The van der Waals surface area contributed by atoms with E-state index in [0.717, 1.165) is 17.3 Å². The molecule has 1 unspecified atom stereocenters. The molecule has 4 aromatic heterocycles. The van der Waals surface area contributed by atoms with Crippen molar-refractivity contribution in [1.29, 1.82) is 0 Å². The Balaban J connectivity index is 1.62. The van der Waals surface area contributed by atoms with Crippen LogP contribution in [0.25, 0.3) is 5.52 Å². The van der Waals surface area contributed by atoms with Gasteiger partial charge in [-0.15, -0.1) is 0 Å². The third-order valence-electron chi connectivity index (χ3n) is 5.27. The van der Waals surface area contributed by atoms with E-state index in [1.54, 1.807) is 21.8 Å². The minimum absolute atomic E-state index is 0.0797. The second-order valence-electron chi connectivity index (χ2n) is 7.05. The topological polar surface area (TPSA) is 84.1 Å². The fourth-order valence-electron chi connectivity index (χ4n) is 3.87. The molecule has 30 heavy (non-hydrogen) atoms. The summed E-state index contributed by atoms with van der Waals surface area (Å²) in [6.45, 7) is 0.371. The standard InChI is InChI=1S/C19H16ClF2N7O/c1-27-14(8-13(25-27)18(21)22)19(30)28-6-5-11-16(24-9-23-11)17(28)12-7-10-3-2-4-15(20)29(10)26-12/h2-4,7-9,17-18H,5-6H2,1H3,(H,23,24). The molecule has 0 aromatic carbocycles. The molecule has 0 saturated carbocycles. The van der Waals surface area contributed by atoms with Gasteiger partial charge in [0.05, 0.1) is 23.2 Å². The SMILES string of the molecule is Cn1nc(C(F)F)cc1C(=O)N1CCc2[nH]cnc2C1c1cc2cccc(Cl)n2n1. The molecule has 11 heteroatoms. The van der Waals surface area contributed by atoms with E-state index < -0.39 is 24.1 Å². The first kappa shape index (κ1) is 18.7. The van der Waals surface area contributed by atoms with Gasteiger partial charge >= 0.3 is 0 Å². The fraction of sp³-hybridized carbons (Fsp3) is 0.263. The number of halogens is 3. The van der Waals surface area contributed by atoms with E-state index in [-0.39, 0.29) is 5.69 Å². The quantitative estimate of drug-likeness (QED) is 0.505. The Kier molecular flexibility index (Phi) is 4.31. The number of hydrogen-bond acceptors (Lipinski definition) is 4. The van der Waals surface area contributed by atoms with Crippen LogP contribution in [0.4, 0.5) is 8.78 Å². The molecular weight excluding hydrogens is 416 g/mol. The summed E-state index contributed by atoms with van der Waals surface area (Å²) in [5.74, 6) is -0.418. The third kappa shape index (κ3) is 2.86. The number of nitrogens with zero attached hydrogens (tertiary/aromatic N) is 6. The first-order valence-corrected chi connectivity index (χ1v) is 9.61. The normalized spacial score (nSPS) is 16.4. The Morgan fingerprint density at radius 2 is 2.13 bits per heavy atom. The molecule has 0 radical (unpaired) electrons. The van der Waals surface area contributed by atoms with Crippen LogP contribution >= 0.6 is 11.6 Å². The van der Waals surface area contributed by atoms with Gasteiger partial charge in [0.1, 0.15) is 22.6 Å². The number of carbonyl (C=O) groups excluding carboxylic acids is 1. The molecule has 1 aliphatic rings. The van der Waals surface area contributed by atoms with Gasteiger partial charge in [0.15, 0.2) is 0 Å². The first-order chi connectivity index (χ1) is 14.4. The number of hydrogen-bond donors (Lipinski definition) is 1. The highest BCUT2D eigenvalue weighted by Crippen LogP contribution is 2.35. The van der Waals surface area contributed by atoms with Crippen LogP contribution < -0.4 is 0 Å². The zero-order valence-electron chi connectivity index (χ0n) is 15.8. The van der Waals surface area contributed by atoms with Gasteiger partial charge in [-0.1, -0.05) is 17.7 Å². The number of pyridine rings is 1. The Labute approximate surface area is 174 Å². The zero-order chi connectivity index (χ0) is 21.0. The number of alkyl halides is 2. The predicted molar refractivity (Wildman–Crippen MR) is 104 cm³/mol. The maximum Gasteiger partial charge on any atom is 0.282 e. The average Bonchev–Trinajstić information content (AvgIpc) is 3.44. The number of fused-ring (bicyclic) bond motifs is 2. The largest absolute Gasteiger partial charge is 0.348 e. The number of amides is 1. The lowest BCUT2D eigenvalue weighted by Gasteiger charge is -2.33. The predicted octanol–water partition coefficient (Wildman–Crippen LogP) is 3.17. The van der Waals surface area contributed by atoms with Crippen LogP contribution in [0.2, 0.25) is 5.15 Å². The van der Waals surface area contributed by atoms with Crippen molar-refractivity contribution in [3.8, 4) is 0 Å². The van der Waals surface area contributed by atoms with Crippen molar-refractivity contribution in [2.75, 3.05) is 6.54 Å². The molecule has 5 rings (SSSR count). The van der Waals surface area contributed by atoms with Crippen molar-refractivity contribution < 1.29 is 13.6 Å². The highest BCUT2D eigenvalue weighted by Gasteiger charge is 2.37. The minimum Gasteiger partial charge on any atom is -0.348 e. The van der Waals surface area contributed by atoms with Crippen molar-refractivity contribution in [2.24, 2.45) is 7.05 Å². The van der Waals surface area contributed by atoms with Gasteiger partial charge in [-0.2, -0.15) is 10.2 Å². The number of aryl methyl sites for hydroxylation is 1. The van der Waals surface area contributed by atoms with Gasteiger partial charge in [0.2, 0.25) is 0 Å². The lowest BCUT2D eigenvalue weighted by molar-refractivity contribution is 0.0675. The molecule has 0 bridgehead atoms. The second-order valence-corrected chi connectivity index (χ2v) is 7.44. The highest BCUT2D eigenvalue weighted by atomic mass is 35.5. The van der Waals surface area contributed by atoms with E-state index in [2.05, 4.69) is 20.2 Å². The molecule has 4 aromatic rings. The van der Waals surface area contributed by atoms with E-state index in [9.17, 15) is 13.6 Å². The summed E-state index contributed by atoms with van der Waals surface area (Å²) in [6, 6.07) is 7.77. The van der Waals surface area contributed by atoms with Crippen LogP contribution in [0.3, 0.4) is 0 Å². The van der Waals surface area contributed by atoms with E-state index >= 15 is 0 Å². The number of H-pyrrole nitrogens is 1. The van der Waals surface area contributed by atoms with Gasteiger partial charge in [0, 0.05) is 25.7 Å². The number of nitrogens with one attached hydrogen (secondary N) is 1.